The topological polar surface area (TPSA) is 40.9 Å². The van der Waals surface area contributed by atoms with E-state index in [-0.39, 0.29) is 0 Å². The van der Waals surface area contributed by atoms with Crippen molar-refractivity contribution in [1.29, 1.82) is 5.26 Å². The highest BCUT2D eigenvalue weighted by molar-refractivity contribution is 5.60. The lowest BCUT2D eigenvalue weighted by Crippen LogP contribution is -2.02. The second kappa shape index (κ2) is 4.49. The zero-order chi connectivity index (χ0) is 11.5. The molecule has 0 radical (unpaired) electrons. The molecule has 0 amide bonds. The third-order valence-electron chi connectivity index (χ3n) is 3.48. The van der Waals surface area contributed by atoms with E-state index < -0.39 is 0 Å². The predicted molar refractivity (Wildman–Crippen MR) is 62.2 cm³/mol. The molecule has 0 bridgehead atoms. The van der Waals surface area contributed by atoms with Gasteiger partial charge < -0.3 is 4.79 Å². The zero-order valence-electron chi connectivity index (χ0n) is 9.49. The normalized spacial score (nSPS) is 17.9. The predicted octanol–water partition coefficient (Wildman–Crippen LogP) is 2.68. The first-order chi connectivity index (χ1) is 7.77. The zero-order valence-corrected chi connectivity index (χ0v) is 9.49. The molecule has 2 rings (SSSR count). The smallest absolute Gasteiger partial charge is 0.124 e. The lowest BCUT2D eigenvalue weighted by molar-refractivity contribution is -0.107. The van der Waals surface area contributed by atoms with E-state index in [0.29, 0.717) is 18.8 Å². The first-order valence-corrected chi connectivity index (χ1v) is 5.69. The number of carbonyl (C=O) groups is 1. The van der Waals surface area contributed by atoms with Gasteiger partial charge in [-0.2, -0.15) is 5.26 Å². The maximum atomic E-state index is 10.7. The fourth-order valence-corrected chi connectivity index (χ4v) is 2.69. The average Bonchev–Trinajstić information content (AvgIpc) is 2.67. The van der Waals surface area contributed by atoms with E-state index in [1.165, 1.54) is 16.7 Å². The van der Waals surface area contributed by atoms with Crippen LogP contribution in [-0.2, 0) is 17.6 Å². The van der Waals surface area contributed by atoms with Crippen LogP contribution in [0.25, 0.3) is 0 Å². The Kier molecular flexibility index (Phi) is 3.05. The van der Waals surface area contributed by atoms with Gasteiger partial charge in [0.05, 0.1) is 6.07 Å². The molecule has 0 unspecified atom stereocenters. The summed E-state index contributed by atoms with van der Waals surface area (Å²) in [6.45, 7) is 2.04. The Bertz CT molecular complexity index is 457. The number of nitriles is 1. The van der Waals surface area contributed by atoms with Crippen LogP contribution < -0.4 is 0 Å². The molecule has 0 N–H and O–H groups in total. The van der Waals surface area contributed by atoms with Crippen LogP contribution in [-0.4, -0.2) is 6.29 Å². The van der Waals surface area contributed by atoms with Crippen molar-refractivity contribution in [3.63, 3.8) is 0 Å². The summed E-state index contributed by atoms with van der Waals surface area (Å²) in [7, 11) is 0. The molecular weight excluding hydrogens is 198 g/mol. The van der Waals surface area contributed by atoms with Crippen LogP contribution in [0.1, 0.15) is 41.0 Å². The number of hydrogen-bond acceptors (Lipinski definition) is 2. The Morgan fingerprint density at radius 1 is 1.56 bits per heavy atom. The number of carbonyl (C=O) groups excluding carboxylic acids is 1. The average molecular weight is 213 g/mol. The Morgan fingerprint density at radius 3 is 3.06 bits per heavy atom. The Balaban J connectivity index is 2.48. The van der Waals surface area contributed by atoms with Gasteiger partial charge in [-0.25, -0.2) is 0 Å². The highest BCUT2D eigenvalue weighted by Crippen LogP contribution is 2.38. The van der Waals surface area contributed by atoms with Crippen LogP contribution in [0.2, 0.25) is 0 Å². The minimum Gasteiger partial charge on any atom is -0.303 e. The standard InChI is InChI=1S/C14H15NO/c1-10-2-3-11-4-5-12(6-8-15)14(11)13(10)7-9-16/h2-3,9,12H,4-7H2,1H3/t12-/m0/s1. The Hall–Kier alpha value is -1.62. The number of benzene rings is 1. The summed E-state index contributed by atoms with van der Waals surface area (Å²) in [5.74, 6) is 0.342. The summed E-state index contributed by atoms with van der Waals surface area (Å²) in [6.07, 6.45) is 4.12. The number of rotatable bonds is 3. The van der Waals surface area contributed by atoms with Crippen molar-refractivity contribution in [1.82, 2.24) is 0 Å². The van der Waals surface area contributed by atoms with Gasteiger partial charge in [-0.3, -0.25) is 0 Å². The Labute approximate surface area is 95.9 Å². The fourth-order valence-electron chi connectivity index (χ4n) is 2.69. The molecule has 16 heavy (non-hydrogen) atoms. The molecule has 2 nitrogen and oxygen atoms in total. The van der Waals surface area contributed by atoms with Crippen molar-refractivity contribution >= 4 is 6.29 Å². The van der Waals surface area contributed by atoms with Gasteiger partial charge in [-0.1, -0.05) is 12.1 Å². The van der Waals surface area contributed by atoms with Crippen molar-refractivity contribution in [3.05, 3.63) is 34.4 Å². The van der Waals surface area contributed by atoms with Gasteiger partial charge in [-0.05, 0) is 47.9 Å². The van der Waals surface area contributed by atoms with Crippen molar-refractivity contribution in [2.75, 3.05) is 0 Å². The number of fused-ring (bicyclic) bond motifs is 1. The van der Waals surface area contributed by atoms with Crippen molar-refractivity contribution in [2.24, 2.45) is 0 Å². The maximum absolute atomic E-state index is 10.7. The minimum absolute atomic E-state index is 0.342. The fraction of sp³-hybridized carbons (Fsp3) is 0.429. The van der Waals surface area contributed by atoms with Crippen LogP contribution in [0.3, 0.4) is 0 Å². The van der Waals surface area contributed by atoms with E-state index >= 15 is 0 Å². The van der Waals surface area contributed by atoms with Crippen LogP contribution in [0, 0.1) is 18.3 Å². The van der Waals surface area contributed by atoms with Crippen molar-refractivity contribution in [2.45, 2.75) is 38.5 Å². The molecule has 0 heterocycles. The molecule has 0 aromatic heterocycles. The molecule has 1 aromatic carbocycles. The van der Waals surface area contributed by atoms with Gasteiger partial charge in [0.15, 0.2) is 0 Å². The first-order valence-electron chi connectivity index (χ1n) is 5.69. The molecule has 0 saturated carbocycles. The first kappa shape index (κ1) is 10.9. The van der Waals surface area contributed by atoms with Gasteiger partial charge in [0.25, 0.3) is 0 Å². The third-order valence-corrected chi connectivity index (χ3v) is 3.48. The Morgan fingerprint density at radius 2 is 2.38 bits per heavy atom. The van der Waals surface area contributed by atoms with Crippen LogP contribution in [0.5, 0.6) is 0 Å². The van der Waals surface area contributed by atoms with Crippen LogP contribution in [0.15, 0.2) is 12.1 Å². The highest BCUT2D eigenvalue weighted by Gasteiger charge is 2.25. The minimum atomic E-state index is 0.342. The second-order valence-corrected chi connectivity index (χ2v) is 4.40. The lowest BCUT2D eigenvalue weighted by Gasteiger charge is -2.14. The van der Waals surface area contributed by atoms with Gasteiger partial charge in [-0.15, -0.1) is 0 Å². The number of nitrogens with zero attached hydrogens (tertiary/aromatic N) is 1. The van der Waals surface area contributed by atoms with E-state index in [4.69, 9.17) is 5.26 Å². The molecule has 2 heteroatoms. The second-order valence-electron chi connectivity index (χ2n) is 4.40. The number of hydrogen-bond donors (Lipinski definition) is 0. The largest absolute Gasteiger partial charge is 0.303 e. The van der Waals surface area contributed by atoms with E-state index in [9.17, 15) is 4.79 Å². The van der Waals surface area contributed by atoms with Gasteiger partial charge >= 0.3 is 0 Å². The molecule has 1 aliphatic rings. The van der Waals surface area contributed by atoms with E-state index in [1.54, 1.807) is 0 Å². The van der Waals surface area contributed by atoms with Crippen molar-refractivity contribution in [3.8, 4) is 6.07 Å². The third kappa shape index (κ3) is 1.74. The van der Waals surface area contributed by atoms with Crippen molar-refractivity contribution < 1.29 is 4.79 Å². The molecule has 0 aliphatic heterocycles. The van der Waals surface area contributed by atoms with Crippen LogP contribution >= 0.6 is 0 Å². The van der Waals surface area contributed by atoms with Gasteiger partial charge in [0, 0.05) is 12.8 Å². The lowest BCUT2D eigenvalue weighted by atomic mass is 9.89. The molecule has 0 saturated heterocycles. The monoisotopic (exact) mass is 213 g/mol. The molecule has 82 valence electrons. The maximum Gasteiger partial charge on any atom is 0.124 e. The van der Waals surface area contributed by atoms with Gasteiger partial charge in [0.1, 0.15) is 6.29 Å². The number of aryl methyl sites for hydroxylation is 2. The molecule has 1 aromatic rings. The molecule has 0 spiro atoms. The number of aldehydes is 1. The van der Waals surface area contributed by atoms with E-state index in [1.807, 2.05) is 6.92 Å². The van der Waals surface area contributed by atoms with E-state index in [2.05, 4.69) is 18.2 Å². The summed E-state index contributed by atoms with van der Waals surface area (Å²) in [5, 5.41) is 8.82. The summed E-state index contributed by atoms with van der Waals surface area (Å²) >= 11 is 0. The molecular formula is C14H15NO. The molecule has 1 atom stereocenters. The van der Waals surface area contributed by atoms with E-state index in [0.717, 1.165) is 24.7 Å². The summed E-state index contributed by atoms with van der Waals surface area (Å²) < 4.78 is 0. The quantitative estimate of drug-likeness (QED) is 0.724. The highest BCUT2D eigenvalue weighted by atomic mass is 16.1. The van der Waals surface area contributed by atoms with Gasteiger partial charge in [0.2, 0.25) is 0 Å². The summed E-state index contributed by atoms with van der Waals surface area (Å²) in [5.41, 5.74) is 4.96. The summed E-state index contributed by atoms with van der Waals surface area (Å²) in [6, 6.07) is 6.49. The molecule has 0 fully saturated rings. The molecule has 1 aliphatic carbocycles. The summed E-state index contributed by atoms with van der Waals surface area (Å²) in [4.78, 5) is 10.7. The SMILES string of the molecule is Cc1ccc2c(c1CC=O)[C@H](CC#N)CC2. The van der Waals surface area contributed by atoms with Crippen LogP contribution in [0.4, 0.5) is 0 Å².